The van der Waals surface area contributed by atoms with E-state index >= 15 is 0 Å². The summed E-state index contributed by atoms with van der Waals surface area (Å²) < 4.78 is 0. The molecule has 20 heavy (non-hydrogen) atoms. The van der Waals surface area contributed by atoms with E-state index in [2.05, 4.69) is 15.2 Å². The molecule has 2 saturated heterocycles. The molecule has 3 heterocycles. The zero-order valence-corrected chi connectivity index (χ0v) is 12.0. The normalized spacial score (nSPS) is 29.4. The van der Waals surface area contributed by atoms with Crippen molar-refractivity contribution < 1.29 is 4.79 Å². The van der Waals surface area contributed by atoms with Gasteiger partial charge in [0.05, 0.1) is 12.2 Å². The molecular weight excluding hydrogens is 276 g/mol. The van der Waals surface area contributed by atoms with Gasteiger partial charge in [0.25, 0.3) is 0 Å². The maximum Gasteiger partial charge on any atom is 0.238 e. The molecule has 5 nitrogen and oxygen atoms in total. The lowest BCUT2D eigenvalue weighted by molar-refractivity contribution is -0.118. The minimum absolute atomic E-state index is 0.0349. The molecule has 0 radical (unpaired) electrons. The van der Waals surface area contributed by atoms with Gasteiger partial charge in [0, 0.05) is 24.3 Å². The molecule has 108 valence electrons. The number of nitrogens with two attached hydrogens (primary N) is 1. The number of carbonyl (C=O) groups excluding carboxylic acids is 1. The van der Waals surface area contributed by atoms with Crippen molar-refractivity contribution in [3.05, 3.63) is 23.5 Å². The lowest BCUT2D eigenvalue weighted by Crippen LogP contribution is -2.49. The van der Waals surface area contributed by atoms with E-state index in [0.29, 0.717) is 35.5 Å². The molecular formula is C14H19ClN4O. The molecule has 2 aliphatic heterocycles. The lowest BCUT2D eigenvalue weighted by atomic mass is 9.98. The summed E-state index contributed by atoms with van der Waals surface area (Å²) in [6.07, 6.45) is 5.90. The van der Waals surface area contributed by atoms with E-state index in [1.165, 1.54) is 0 Å². The molecule has 0 spiro atoms. The summed E-state index contributed by atoms with van der Waals surface area (Å²) in [5, 5.41) is 3.15. The molecule has 1 aromatic heterocycles. The van der Waals surface area contributed by atoms with E-state index in [1.807, 2.05) is 0 Å². The minimum Gasteiger partial charge on any atom is -0.328 e. The summed E-state index contributed by atoms with van der Waals surface area (Å²) >= 11 is 5.94. The summed E-state index contributed by atoms with van der Waals surface area (Å²) in [6.45, 7) is 0.410. The van der Waals surface area contributed by atoms with Gasteiger partial charge in [-0.15, -0.1) is 0 Å². The number of amides is 1. The van der Waals surface area contributed by atoms with Crippen LogP contribution in [0.25, 0.3) is 0 Å². The van der Waals surface area contributed by atoms with Crippen molar-refractivity contribution in [2.45, 2.75) is 43.8 Å². The van der Waals surface area contributed by atoms with Gasteiger partial charge in [-0.1, -0.05) is 11.6 Å². The number of hydrogen-bond donors (Lipinski definition) is 2. The number of rotatable bonds is 3. The van der Waals surface area contributed by atoms with Crippen molar-refractivity contribution >= 4 is 23.2 Å². The highest BCUT2D eigenvalue weighted by atomic mass is 35.5. The fourth-order valence-electron chi connectivity index (χ4n) is 3.41. The Kier molecular flexibility index (Phi) is 3.92. The smallest absolute Gasteiger partial charge is 0.238 e. The van der Waals surface area contributed by atoms with Crippen molar-refractivity contribution in [2.75, 3.05) is 11.9 Å². The van der Waals surface area contributed by atoms with Crippen LogP contribution in [0.2, 0.25) is 5.15 Å². The number of anilines is 1. The maximum atomic E-state index is 12.2. The van der Waals surface area contributed by atoms with Gasteiger partial charge in [-0.25, -0.2) is 4.98 Å². The first-order valence-electron chi connectivity index (χ1n) is 7.05. The number of hydrogen-bond acceptors (Lipinski definition) is 4. The third-order valence-corrected chi connectivity index (χ3v) is 4.58. The second kappa shape index (κ2) is 5.68. The molecule has 2 aliphatic rings. The maximum absolute atomic E-state index is 12.2. The largest absolute Gasteiger partial charge is 0.328 e. The Hall–Kier alpha value is -1.17. The predicted octanol–water partition coefficient (Wildman–Crippen LogP) is 1.63. The first kappa shape index (κ1) is 13.8. The molecule has 2 atom stereocenters. The van der Waals surface area contributed by atoms with Gasteiger partial charge >= 0.3 is 0 Å². The van der Waals surface area contributed by atoms with Gasteiger partial charge in [-0.3, -0.25) is 9.69 Å². The van der Waals surface area contributed by atoms with Crippen LogP contribution in [0.15, 0.2) is 18.3 Å². The van der Waals surface area contributed by atoms with Crippen molar-refractivity contribution in [1.82, 2.24) is 9.88 Å². The second-order valence-corrected chi connectivity index (χ2v) is 6.04. The molecule has 6 heteroatoms. The zero-order valence-electron chi connectivity index (χ0n) is 11.3. The van der Waals surface area contributed by atoms with Crippen LogP contribution < -0.4 is 11.1 Å². The van der Waals surface area contributed by atoms with Crippen molar-refractivity contribution in [1.29, 1.82) is 0 Å². The van der Waals surface area contributed by atoms with E-state index in [0.717, 1.165) is 25.7 Å². The summed E-state index contributed by atoms with van der Waals surface area (Å²) in [5.41, 5.74) is 6.61. The Bertz CT molecular complexity index is 496. The van der Waals surface area contributed by atoms with Gasteiger partial charge in [0.1, 0.15) is 0 Å². The molecule has 0 aromatic carbocycles. The summed E-state index contributed by atoms with van der Waals surface area (Å²) in [4.78, 5) is 18.4. The number of aromatic nitrogens is 1. The predicted molar refractivity (Wildman–Crippen MR) is 78.6 cm³/mol. The number of nitrogens with one attached hydrogen (secondary N) is 1. The Balaban J connectivity index is 1.61. The molecule has 2 unspecified atom stereocenters. The van der Waals surface area contributed by atoms with Crippen LogP contribution in [0.5, 0.6) is 0 Å². The van der Waals surface area contributed by atoms with E-state index < -0.39 is 0 Å². The van der Waals surface area contributed by atoms with Crippen molar-refractivity contribution in [3.63, 3.8) is 0 Å². The Morgan fingerprint density at radius 3 is 2.80 bits per heavy atom. The Morgan fingerprint density at radius 2 is 2.15 bits per heavy atom. The van der Waals surface area contributed by atoms with E-state index in [9.17, 15) is 4.79 Å². The van der Waals surface area contributed by atoms with Crippen LogP contribution >= 0.6 is 11.6 Å². The summed E-state index contributed by atoms with van der Waals surface area (Å²) in [5.74, 6) is -0.0349. The molecule has 1 amide bonds. The fourth-order valence-corrected chi connectivity index (χ4v) is 3.58. The van der Waals surface area contributed by atoms with Crippen LogP contribution in [0.1, 0.15) is 25.7 Å². The molecule has 0 aliphatic carbocycles. The van der Waals surface area contributed by atoms with Crippen LogP contribution in [0.3, 0.4) is 0 Å². The fraction of sp³-hybridized carbons (Fsp3) is 0.571. The van der Waals surface area contributed by atoms with Crippen molar-refractivity contribution in [3.8, 4) is 0 Å². The van der Waals surface area contributed by atoms with Gasteiger partial charge in [0.15, 0.2) is 5.15 Å². The molecule has 0 saturated carbocycles. The second-order valence-electron chi connectivity index (χ2n) is 5.68. The Morgan fingerprint density at radius 1 is 1.45 bits per heavy atom. The summed E-state index contributed by atoms with van der Waals surface area (Å²) in [6, 6.07) is 4.72. The average Bonchev–Trinajstić information content (AvgIpc) is 2.65. The van der Waals surface area contributed by atoms with E-state index in [1.54, 1.807) is 18.3 Å². The molecule has 1 aromatic rings. The monoisotopic (exact) mass is 294 g/mol. The Labute approximate surface area is 123 Å². The highest BCUT2D eigenvalue weighted by Gasteiger charge is 2.40. The number of pyridine rings is 1. The van der Waals surface area contributed by atoms with E-state index in [-0.39, 0.29) is 5.91 Å². The lowest BCUT2D eigenvalue weighted by Gasteiger charge is -2.37. The van der Waals surface area contributed by atoms with Gasteiger partial charge in [-0.2, -0.15) is 0 Å². The first-order valence-corrected chi connectivity index (χ1v) is 7.43. The van der Waals surface area contributed by atoms with Crippen LogP contribution in [-0.4, -0.2) is 40.5 Å². The quantitative estimate of drug-likeness (QED) is 0.831. The first-order chi connectivity index (χ1) is 9.63. The molecule has 2 bridgehead atoms. The highest BCUT2D eigenvalue weighted by molar-refractivity contribution is 6.32. The average molecular weight is 295 g/mol. The molecule has 2 fully saturated rings. The highest BCUT2D eigenvalue weighted by Crippen LogP contribution is 2.34. The third kappa shape index (κ3) is 2.80. The van der Waals surface area contributed by atoms with E-state index in [4.69, 9.17) is 17.3 Å². The SMILES string of the molecule is NC1CC2CCC(C1)N2CC(=O)Nc1cccnc1Cl. The van der Waals surface area contributed by atoms with Gasteiger partial charge in [0.2, 0.25) is 5.91 Å². The molecule has 3 rings (SSSR count). The van der Waals surface area contributed by atoms with Crippen LogP contribution in [0, 0.1) is 0 Å². The van der Waals surface area contributed by atoms with Gasteiger partial charge < -0.3 is 11.1 Å². The third-order valence-electron chi connectivity index (χ3n) is 4.28. The standard InChI is InChI=1S/C14H19ClN4O/c15-14-12(2-1-5-17-14)18-13(20)8-19-10-3-4-11(19)7-9(16)6-10/h1-2,5,9-11H,3-4,6-8,16H2,(H,18,20). The number of nitrogens with zero attached hydrogens (tertiary/aromatic N) is 2. The minimum atomic E-state index is -0.0349. The number of carbonyl (C=O) groups is 1. The topological polar surface area (TPSA) is 71.2 Å². The van der Waals surface area contributed by atoms with Crippen LogP contribution in [-0.2, 0) is 4.79 Å². The number of halogens is 1. The zero-order chi connectivity index (χ0) is 14.1. The number of fused-ring (bicyclic) bond motifs is 2. The van der Waals surface area contributed by atoms with Crippen LogP contribution in [0.4, 0.5) is 5.69 Å². The number of piperidine rings is 1. The molecule has 3 N–H and O–H groups in total. The summed E-state index contributed by atoms with van der Waals surface area (Å²) in [7, 11) is 0. The van der Waals surface area contributed by atoms with Gasteiger partial charge in [-0.05, 0) is 37.8 Å². The van der Waals surface area contributed by atoms with Crippen molar-refractivity contribution in [2.24, 2.45) is 5.73 Å².